The number of halogens is 4. The van der Waals surface area contributed by atoms with Crippen LogP contribution in [0, 0.1) is 11.3 Å². The number of carbonyl (C=O) groups excluding carboxylic acids is 1. The van der Waals surface area contributed by atoms with Crippen molar-refractivity contribution in [3.05, 3.63) is 0 Å². The summed E-state index contributed by atoms with van der Waals surface area (Å²) in [6.07, 6.45) is 1.11. The maximum atomic E-state index is 13.1. The Bertz CT molecular complexity index is 420. The molecular formula is C16H28ClF3N2O. The third kappa shape index (κ3) is 4.13. The lowest BCUT2D eigenvalue weighted by atomic mass is 9.71. The predicted molar refractivity (Wildman–Crippen MR) is 86.4 cm³/mol. The van der Waals surface area contributed by atoms with E-state index in [0.29, 0.717) is 6.54 Å². The van der Waals surface area contributed by atoms with Crippen molar-refractivity contribution in [2.75, 3.05) is 13.1 Å². The average Bonchev–Trinajstić information content (AvgIpc) is 2.75. The summed E-state index contributed by atoms with van der Waals surface area (Å²) in [5.41, 5.74) is 4.53. The largest absolute Gasteiger partial charge is 0.394 e. The summed E-state index contributed by atoms with van der Waals surface area (Å²) in [7, 11) is 0. The Labute approximate surface area is 142 Å². The summed E-state index contributed by atoms with van der Waals surface area (Å²) in [5.74, 6) is -1.60. The fourth-order valence-corrected chi connectivity index (χ4v) is 4.27. The highest BCUT2D eigenvalue weighted by molar-refractivity contribution is 5.85. The molecule has 0 bridgehead atoms. The summed E-state index contributed by atoms with van der Waals surface area (Å²) >= 11 is 0. The van der Waals surface area contributed by atoms with Crippen molar-refractivity contribution < 1.29 is 18.0 Å². The van der Waals surface area contributed by atoms with Crippen molar-refractivity contribution >= 4 is 18.3 Å². The second-order valence-electron chi connectivity index (χ2n) is 7.52. The smallest absolute Gasteiger partial charge is 0.337 e. The monoisotopic (exact) mass is 356 g/mol. The van der Waals surface area contributed by atoms with Crippen LogP contribution in [0.1, 0.15) is 58.8 Å². The number of amides is 1. The van der Waals surface area contributed by atoms with Gasteiger partial charge in [0.25, 0.3) is 0 Å². The highest BCUT2D eigenvalue weighted by atomic mass is 35.5. The Morgan fingerprint density at radius 2 is 1.78 bits per heavy atom. The normalized spacial score (nSPS) is 26.7. The molecule has 2 N–H and O–H groups in total. The number of alkyl halides is 3. The van der Waals surface area contributed by atoms with Gasteiger partial charge in [-0.2, -0.15) is 13.2 Å². The Morgan fingerprint density at radius 1 is 1.22 bits per heavy atom. The van der Waals surface area contributed by atoms with Gasteiger partial charge in [-0.05, 0) is 45.1 Å². The maximum Gasteiger partial charge on any atom is 0.394 e. The number of nitrogens with two attached hydrogens (primary N) is 1. The fourth-order valence-electron chi connectivity index (χ4n) is 4.27. The predicted octanol–water partition coefficient (Wildman–Crippen LogP) is 3.90. The van der Waals surface area contributed by atoms with Crippen LogP contribution in [-0.4, -0.2) is 35.6 Å². The summed E-state index contributed by atoms with van der Waals surface area (Å²) in [6.45, 7) is 3.70. The molecule has 1 aliphatic carbocycles. The molecular weight excluding hydrogens is 329 g/mol. The molecule has 7 heteroatoms. The van der Waals surface area contributed by atoms with Gasteiger partial charge in [-0.25, -0.2) is 0 Å². The number of hydrogen-bond acceptors (Lipinski definition) is 2. The van der Waals surface area contributed by atoms with Crippen molar-refractivity contribution in [1.82, 2.24) is 4.90 Å². The van der Waals surface area contributed by atoms with Crippen LogP contribution in [0.2, 0.25) is 0 Å². The Balaban J connectivity index is 0.00000264. The summed E-state index contributed by atoms with van der Waals surface area (Å²) in [5, 5.41) is 0. The quantitative estimate of drug-likeness (QED) is 0.833. The van der Waals surface area contributed by atoms with Crippen molar-refractivity contribution in [1.29, 1.82) is 0 Å². The highest BCUT2D eigenvalue weighted by Crippen LogP contribution is 2.46. The maximum absolute atomic E-state index is 13.1. The SMILES string of the molecule is CC1(C)C(C(F)(F)F)CCN1C(=O)CC1(CN)CCCCC1.Cl. The van der Waals surface area contributed by atoms with Crippen LogP contribution < -0.4 is 5.73 Å². The molecule has 0 aromatic carbocycles. The van der Waals surface area contributed by atoms with E-state index in [9.17, 15) is 18.0 Å². The summed E-state index contributed by atoms with van der Waals surface area (Å²) < 4.78 is 39.4. The zero-order chi connectivity index (χ0) is 16.6. The van der Waals surface area contributed by atoms with Crippen LogP contribution in [0.15, 0.2) is 0 Å². The number of rotatable bonds is 3. The third-order valence-electron chi connectivity index (χ3n) is 5.76. The van der Waals surface area contributed by atoms with Crippen LogP contribution in [0.3, 0.4) is 0 Å². The molecule has 1 amide bonds. The Hall–Kier alpha value is -0.490. The first kappa shape index (κ1) is 20.6. The van der Waals surface area contributed by atoms with E-state index >= 15 is 0 Å². The second-order valence-corrected chi connectivity index (χ2v) is 7.52. The number of nitrogens with zero attached hydrogens (tertiary/aromatic N) is 1. The molecule has 1 atom stereocenters. The molecule has 2 aliphatic rings. The van der Waals surface area contributed by atoms with Gasteiger partial charge in [-0.15, -0.1) is 12.4 Å². The lowest BCUT2D eigenvalue weighted by Gasteiger charge is -2.41. The van der Waals surface area contributed by atoms with Gasteiger partial charge in [-0.1, -0.05) is 19.3 Å². The zero-order valence-electron chi connectivity index (χ0n) is 13.9. The zero-order valence-corrected chi connectivity index (χ0v) is 14.7. The van der Waals surface area contributed by atoms with E-state index in [0.717, 1.165) is 32.1 Å². The molecule has 23 heavy (non-hydrogen) atoms. The molecule has 0 spiro atoms. The first-order chi connectivity index (χ1) is 10.1. The van der Waals surface area contributed by atoms with Crippen LogP contribution in [0.5, 0.6) is 0 Å². The Morgan fingerprint density at radius 3 is 2.22 bits per heavy atom. The van der Waals surface area contributed by atoms with Crippen molar-refractivity contribution in [2.24, 2.45) is 17.1 Å². The van der Waals surface area contributed by atoms with E-state index in [1.165, 1.54) is 18.7 Å². The lowest BCUT2D eigenvalue weighted by molar-refractivity contribution is -0.192. The molecule has 1 saturated heterocycles. The average molecular weight is 357 g/mol. The molecule has 0 aromatic rings. The van der Waals surface area contributed by atoms with Crippen LogP contribution in [0.4, 0.5) is 13.2 Å². The van der Waals surface area contributed by atoms with Gasteiger partial charge < -0.3 is 10.6 Å². The second kappa shape index (κ2) is 7.18. The van der Waals surface area contributed by atoms with Gasteiger partial charge in [0.1, 0.15) is 0 Å². The molecule has 2 fully saturated rings. The number of hydrogen-bond donors (Lipinski definition) is 1. The van der Waals surface area contributed by atoms with Crippen molar-refractivity contribution in [3.8, 4) is 0 Å². The van der Waals surface area contributed by atoms with E-state index in [4.69, 9.17) is 5.73 Å². The van der Waals surface area contributed by atoms with Gasteiger partial charge in [0.2, 0.25) is 5.91 Å². The molecule has 136 valence electrons. The van der Waals surface area contributed by atoms with Crippen LogP contribution >= 0.6 is 12.4 Å². The molecule has 1 saturated carbocycles. The molecule has 1 unspecified atom stereocenters. The topological polar surface area (TPSA) is 46.3 Å². The standard InChI is InChI=1S/C16H27F3N2O.ClH/c1-14(2)12(16(17,18)19)6-9-21(14)13(22)10-15(11-20)7-4-3-5-8-15;/h12H,3-11,20H2,1-2H3;1H. The summed E-state index contributed by atoms with van der Waals surface area (Å²) in [4.78, 5) is 14.1. The van der Waals surface area contributed by atoms with Gasteiger partial charge in [-0.3, -0.25) is 4.79 Å². The van der Waals surface area contributed by atoms with E-state index < -0.39 is 17.6 Å². The van der Waals surface area contributed by atoms with Gasteiger partial charge in [0.15, 0.2) is 0 Å². The minimum absolute atomic E-state index is 0. The van der Waals surface area contributed by atoms with Gasteiger partial charge in [0.05, 0.1) is 5.92 Å². The molecule has 0 radical (unpaired) electrons. The minimum atomic E-state index is -4.26. The number of likely N-dealkylation sites (tertiary alicyclic amines) is 1. The highest BCUT2D eigenvalue weighted by Gasteiger charge is 2.56. The molecule has 0 aromatic heterocycles. The van der Waals surface area contributed by atoms with Crippen molar-refractivity contribution in [2.45, 2.75) is 70.5 Å². The fraction of sp³-hybridized carbons (Fsp3) is 0.938. The molecule has 3 nitrogen and oxygen atoms in total. The first-order valence-corrected chi connectivity index (χ1v) is 8.20. The van der Waals surface area contributed by atoms with Gasteiger partial charge >= 0.3 is 6.18 Å². The van der Waals surface area contributed by atoms with Crippen LogP contribution in [0.25, 0.3) is 0 Å². The van der Waals surface area contributed by atoms with E-state index in [-0.39, 0.29) is 43.1 Å². The lowest BCUT2D eigenvalue weighted by Crippen LogP contribution is -2.51. The van der Waals surface area contributed by atoms with E-state index in [1.54, 1.807) is 0 Å². The minimum Gasteiger partial charge on any atom is -0.337 e. The third-order valence-corrected chi connectivity index (χ3v) is 5.76. The van der Waals surface area contributed by atoms with Crippen LogP contribution in [-0.2, 0) is 4.79 Å². The van der Waals surface area contributed by atoms with E-state index in [2.05, 4.69) is 0 Å². The van der Waals surface area contributed by atoms with E-state index in [1.807, 2.05) is 0 Å². The molecule has 1 aliphatic heterocycles. The molecule has 2 rings (SSSR count). The molecule has 1 heterocycles. The summed E-state index contributed by atoms with van der Waals surface area (Å²) in [6, 6.07) is 0. The number of carbonyl (C=O) groups is 1. The first-order valence-electron chi connectivity index (χ1n) is 8.20. The van der Waals surface area contributed by atoms with Gasteiger partial charge in [0, 0.05) is 18.5 Å². The Kier molecular flexibility index (Phi) is 6.41. The van der Waals surface area contributed by atoms with Crippen molar-refractivity contribution in [3.63, 3.8) is 0 Å².